The highest BCUT2D eigenvalue weighted by Gasteiger charge is 2.21. The molecule has 22 heavy (non-hydrogen) atoms. The average molecular weight is 290 g/mol. The third-order valence-electron chi connectivity index (χ3n) is 4.25. The SMILES string of the molecule is Cc1nc(NC2CCCc3ccccc32)c2ncccc2n1. The number of aromatic nitrogens is 3. The van der Waals surface area contributed by atoms with Crippen LogP contribution in [-0.2, 0) is 6.42 Å². The van der Waals surface area contributed by atoms with Crippen molar-refractivity contribution in [2.45, 2.75) is 32.2 Å². The predicted molar refractivity (Wildman–Crippen MR) is 87.8 cm³/mol. The number of fused-ring (bicyclic) bond motifs is 2. The molecule has 3 aromatic rings. The maximum atomic E-state index is 4.58. The van der Waals surface area contributed by atoms with Crippen molar-refractivity contribution in [3.05, 3.63) is 59.5 Å². The second kappa shape index (κ2) is 5.37. The Morgan fingerprint density at radius 2 is 2.00 bits per heavy atom. The van der Waals surface area contributed by atoms with E-state index in [0.717, 1.165) is 35.5 Å². The lowest BCUT2D eigenvalue weighted by molar-refractivity contribution is 0.599. The van der Waals surface area contributed by atoms with Gasteiger partial charge in [0.25, 0.3) is 0 Å². The van der Waals surface area contributed by atoms with Crippen LogP contribution in [0.3, 0.4) is 0 Å². The van der Waals surface area contributed by atoms with Gasteiger partial charge in [0.15, 0.2) is 5.82 Å². The topological polar surface area (TPSA) is 50.7 Å². The van der Waals surface area contributed by atoms with Crippen LogP contribution >= 0.6 is 0 Å². The molecule has 2 heterocycles. The van der Waals surface area contributed by atoms with Crippen molar-refractivity contribution in [2.75, 3.05) is 5.32 Å². The first-order valence-electron chi connectivity index (χ1n) is 7.75. The summed E-state index contributed by atoms with van der Waals surface area (Å²) in [4.78, 5) is 13.5. The monoisotopic (exact) mass is 290 g/mol. The smallest absolute Gasteiger partial charge is 0.156 e. The molecule has 0 spiro atoms. The Kier molecular flexibility index (Phi) is 3.22. The summed E-state index contributed by atoms with van der Waals surface area (Å²) in [7, 11) is 0. The zero-order valence-electron chi connectivity index (χ0n) is 12.6. The number of hydrogen-bond donors (Lipinski definition) is 1. The fourth-order valence-corrected chi connectivity index (χ4v) is 3.25. The molecule has 4 nitrogen and oxygen atoms in total. The fraction of sp³-hybridized carbons (Fsp3) is 0.278. The molecule has 0 fully saturated rings. The average Bonchev–Trinajstić information content (AvgIpc) is 2.55. The van der Waals surface area contributed by atoms with Gasteiger partial charge in [0, 0.05) is 6.20 Å². The van der Waals surface area contributed by atoms with E-state index in [0.29, 0.717) is 6.04 Å². The summed E-state index contributed by atoms with van der Waals surface area (Å²) in [6, 6.07) is 12.9. The molecule has 0 saturated heterocycles. The van der Waals surface area contributed by atoms with Crippen LogP contribution in [0.5, 0.6) is 0 Å². The summed E-state index contributed by atoms with van der Waals surface area (Å²) in [5.74, 6) is 1.61. The van der Waals surface area contributed by atoms with Gasteiger partial charge in [-0.2, -0.15) is 0 Å². The van der Waals surface area contributed by atoms with Gasteiger partial charge in [0.2, 0.25) is 0 Å². The molecule has 1 aliphatic rings. The van der Waals surface area contributed by atoms with E-state index in [1.54, 1.807) is 6.20 Å². The molecule has 2 aromatic heterocycles. The molecule has 1 aromatic carbocycles. The van der Waals surface area contributed by atoms with Gasteiger partial charge < -0.3 is 5.32 Å². The van der Waals surface area contributed by atoms with Crippen LogP contribution in [0.1, 0.15) is 35.8 Å². The first-order valence-corrected chi connectivity index (χ1v) is 7.75. The van der Waals surface area contributed by atoms with E-state index < -0.39 is 0 Å². The van der Waals surface area contributed by atoms with Crippen LogP contribution < -0.4 is 5.32 Å². The van der Waals surface area contributed by atoms with Crippen LogP contribution in [0.4, 0.5) is 5.82 Å². The lowest BCUT2D eigenvalue weighted by Crippen LogP contribution is -2.18. The van der Waals surface area contributed by atoms with Crippen LogP contribution in [0.2, 0.25) is 0 Å². The molecule has 4 rings (SSSR count). The second-order valence-electron chi connectivity index (χ2n) is 5.78. The Balaban J connectivity index is 1.76. The van der Waals surface area contributed by atoms with Crippen molar-refractivity contribution in [1.29, 1.82) is 0 Å². The highest BCUT2D eigenvalue weighted by atomic mass is 15.1. The second-order valence-corrected chi connectivity index (χ2v) is 5.78. The third-order valence-corrected chi connectivity index (χ3v) is 4.25. The molecule has 0 amide bonds. The maximum absolute atomic E-state index is 4.58. The number of rotatable bonds is 2. The number of benzene rings is 1. The van der Waals surface area contributed by atoms with Gasteiger partial charge >= 0.3 is 0 Å². The Bertz CT molecular complexity index is 828. The van der Waals surface area contributed by atoms with Crippen LogP contribution in [-0.4, -0.2) is 15.0 Å². The molecule has 0 saturated carbocycles. The largest absolute Gasteiger partial charge is 0.361 e. The molecule has 0 radical (unpaired) electrons. The Labute approximate surface area is 129 Å². The van der Waals surface area contributed by atoms with Crippen molar-refractivity contribution >= 4 is 16.9 Å². The Morgan fingerprint density at radius 1 is 1.09 bits per heavy atom. The quantitative estimate of drug-likeness (QED) is 0.779. The van der Waals surface area contributed by atoms with Crippen molar-refractivity contribution < 1.29 is 0 Å². The number of aryl methyl sites for hydroxylation is 2. The third kappa shape index (κ3) is 2.30. The van der Waals surface area contributed by atoms with Gasteiger partial charge in [-0.3, -0.25) is 4.98 Å². The first-order chi connectivity index (χ1) is 10.8. The summed E-state index contributed by atoms with van der Waals surface area (Å²) >= 11 is 0. The highest BCUT2D eigenvalue weighted by molar-refractivity contribution is 5.85. The first kappa shape index (κ1) is 13.2. The van der Waals surface area contributed by atoms with Crippen molar-refractivity contribution in [3.63, 3.8) is 0 Å². The minimum Gasteiger partial charge on any atom is -0.361 e. The Morgan fingerprint density at radius 3 is 2.95 bits per heavy atom. The molecule has 1 atom stereocenters. The number of nitrogens with one attached hydrogen (secondary N) is 1. The van der Waals surface area contributed by atoms with Crippen molar-refractivity contribution in [1.82, 2.24) is 15.0 Å². The molecule has 110 valence electrons. The molecule has 4 heteroatoms. The van der Waals surface area contributed by atoms with Crippen molar-refractivity contribution in [2.24, 2.45) is 0 Å². The molecule has 0 aliphatic heterocycles. The molecular formula is C18H18N4. The normalized spacial score (nSPS) is 17.2. The summed E-state index contributed by atoms with van der Waals surface area (Å²) < 4.78 is 0. The van der Waals surface area contributed by atoms with E-state index >= 15 is 0 Å². The minimum absolute atomic E-state index is 0.296. The predicted octanol–water partition coefficient (Wildman–Crippen LogP) is 3.82. The van der Waals surface area contributed by atoms with Gasteiger partial charge in [-0.15, -0.1) is 0 Å². The summed E-state index contributed by atoms with van der Waals surface area (Å²) in [6.07, 6.45) is 5.27. The standard InChI is InChI=1S/C18H18N4/c1-12-20-16-10-5-11-19-17(16)18(21-12)22-15-9-4-7-13-6-2-3-8-14(13)15/h2-3,5-6,8,10-11,15H,4,7,9H2,1H3,(H,20,21,22). The number of pyridine rings is 1. The zero-order valence-corrected chi connectivity index (χ0v) is 12.6. The van der Waals surface area contributed by atoms with E-state index in [1.807, 2.05) is 19.1 Å². The van der Waals surface area contributed by atoms with E-state index in [2.05, 4.69) is 44.5 Å². The van der Waals surface area contributed by atoms with E-state index in [-0.39, 0.29) is 0 Å². The van der Waals surface area contributed by atoms with E-state index in [1.165, 1.54) is 17.5 Å². The van der Waals surface area contributed by atoms with Crippen LogP contribution in [0.25, 0.3) is 11.0 Å². The summed E-state index contributed by atoms with van der Waals surface area (Å²) in [5, 5.41) is 3.61. The van der Waals surface area contributed by atoms with E-state index in [9.17, 15) is 0 Å². The van der Waals surface area contributed by atoms with Gasteiger partial charge in [-0.25, -0.2) is 9.97 Å². The van der Waals surface area contributed by atoms with Crippen LogP contribution in [0, 0.1) is 6.92 Å². The van der Waals surface area contributed by atoms with Gasteiger partial charge in [-0.1, -0.05) is 24.3 Å². The van der Waals surface area contributed by atoms with Gasteiger partial charge in [-0.05, 0) is 49.4 Å². The maximum Gasteiger partial charge on any atom is 0.156 e. The van der Waals surface area contributed by atoms with Crippen LogP contribution in [0.15, 0.2) is 42.6 Å². The minimum atomic E-state index is 0.296. The fourth-order valence-electron chi connectivity index (χ4n) is 3.25. The number of anilines is 1. The molecule has 1 unspecified atom stereocenters. The van der Waals surface area contributed by atoms with Crippen molar-refractivity contribution in [3.8, 4) is 0 Å². The highest BCUT2D eigenvalue weighted by Crippen LogP contribution is 2.33. The number of hydrogen-bond acceptors (Lipinski definition) is 4. The van der Waals surface area contributed by atoms with Gasteiger partial charge in [0.1, 0.15) is 11.3 Å². The van der Waals surface area contributed by atoms with E-state index in [4.69, 9.17) is 0 Å². The molecule has 0 bridgehead atoms. The Hall–Kier alpha value is -2.49. The molecular weight excluding hydrogens is 272 g/mol. The summed E-state index contributed by atoms with van der Waals surface area (Å²) in [5.41, 5.74) is 4.56. The lowest BCUT2D eigenvalue weighted by atomic mass is 9.88. The van der Waals surface area contributed by atoms with Gasteiger partial charge in [0.05, 0.1) is 11.6 Å². The molecule has 1 N–H and O–H groups in total. The number of nitrogens with zero attached hydrogens (tertiary/aromatic N) is 3. The lowest BCUT2D eigenvalue weighted by Gasteiger charge is -2.27. The zero-order chi connectivity index (χ0) is 14.9. The summed E-state index contributed by atoms with van der Waals surface area (Å²) in [6.45, 7) is 1.92. The molecule has 1 aliphatic carbocycles.